The Kier molecular flexibility index (Phi) is 3.53. The van der Waals surface area contributed by atoms with E-state index >= 15 is 0 Å². The third-order valence-corrected chi connectivity index (χ3v) is 2.70. The summed E-state index contributed by atoms with van der Waals surface area (Å²) in [6.45, 7) is 1.35. The van der Waals surface area contributed by atoms with Gasteiger partial charge in [0, 0.05) is 24.9 Å². The first-order valence-electron chi connectivity index (χ1n) is 5.46. The Labute approximate surface area is 97.7 Å². The van der Waals surface area contributed by atoms with Crippen LogP contribution in [0.1, 0.15) is 12.8 Å². The molecule has 5 nitrogen and oxygen atoms in total. The molecule has 1 unspecified atom stereocenters. The number of anilines is 1. The van der Waals surface area contributed by atoms with Gasteiger partial charge in [-0.05, 0) is 25.0 Å². The van der Waals surface area contributed by atoms with Crippen LogP contribution in [0.3, 0.4) is 0 Å². The molecule has 1 N–H and O–H groups in total. The van der Waals surface area contributed by atoms with Crippen molar-refractivity contribution in [3.63, 3.8) is 0 Å². The van der Waals surface area contributed by atoms with Gasteiger partial charge >= 0.3 is 5.69 Å². The number of ether oxygens (including phenoxy) is 1. The van der Waals surface area contributed by atoms with Crippen LogP contribution >= 0.6 is 0 Å². The molecule has 1 saturated heterocycles. The molecule has 1 aromatic rings. The molecule has 0 aliphatic carbocycles. The van der Waals surface area contributed by atoms with E-state index < -0.39 is 16.4 Å². The normalized spacial score (nSPS) is 19.2. The molecule has 92 valence electrons. The Morgan fingerprint density at radius 1 is 1.59 bits per heavy atom. The molecular formula is C11H13FN2O3. The number of nitrogens with one attached hydrogen (secondary N) is 1. The molecule has 6 heteroatoms. The summed E-state index contributed by atoms with van der Waals surface area (Å²) in [5.74, 6) is -0.822. The Balaban J connectivity index is 2.00. The highest BCUT2D eigenvalue weighted by Crippen LogP contribution is 2.22. The first-order valence-corrected chi connectivity index (χ1v) is 5.46. The lowest BCUT2D eigenvalue weighted by atomic mass is 10.2. The van der Waals surface area contributed by atoms with Gasteiger partial charge in [-0.2, -0.15) is 4.39 Å². The van der Waals surface area contributed by atoms with Crippen LogP contribution in [0.5, 0.6) is 0 Å². The first kappa shape index (κ1) is 11.8. The molecule has 1 aliphatic rings. The molecule has 1 aliphatic heterocycles. The Morgan fingerprint density at radius 3 is 3.06 bits per heavy atom. The van der Waals surface area contributed by atoms with Crippen LogP contribution in [0.4, 0.5) is 15.8 Å². The predicted molar refractivity (Wildman–Crippen MR) is 60.5 cm³/mol. The largest absolute Gasteiger partial charge is 0.382 e. The van der Waals surface area contributed by atoms with E-state index in [0.717, 1.165) is 25.5 Å². The van der Waals surface area contributed by atoms with Crippen LogP contribution in [0, 0.1) is 15.9 Å². The number of halogens is 1. The van der Waals surface area contributed by atoms with Crippen LogP contribution in [0.25, 0.3) is 0 Å². The number of hydrogen-bond donors (Lipinski definition) is 1. The van der Waals surface area contributed by atoms with Crippen LogP contribution in [-0.2, 0) is 4.74 Å². The molecule has 1 atom stereocenters. The van der Waals surface area contributed by atoms with Gasteiger partial charge in [0.2, 0.25) is 5.82 Å². The van der Waals surface area contributed by atoms with Crippen molar-refractivity contribution in [2.45, 2.75) is 18.9 Å². The van der Waals surface area contributed by atoms with Crippen LogP contribution in [-0.4, -0.2) is 24.2 Å². The van der Waals surface area contributed by atoms with Crippen molar-refractivity contribution in [3.8, 4) is 0 Å². The monoisotopic (exact) mass is 240 g/mol. The van der Waals surface area contributed by atoms with Crippen molar-refractivity contribution < 1.29 is 14.1 Å². The number of rotatable bonds is 4. The molecule has 17 heavy (non-hydrogen) atoms. The topological polar surface area (TPSA) is 64.4 Å². The molecule has 2 rings (SSSR count). The summed E-state index contributed by atoms with van der Waals surface area (Å²) in [4.78, 5) is 9.82. The molecule has 1 heterocycles. The van der Waals surface area contributed by atoms with Crippen molar-refractivity contribution in [1.82, 2.24) is 0 Å². The number of nitro groups is 1. The van der Waals surface area contributed by atoms with E-state index in [0.29, 0.717) is 12.2 Å². The van der Waals surface area contributed by atoms with Crippen LogP contribution < -0.4 is 5.32 Å². The number of nitro benzene ring substituents is 1. The Bertz CT molecular complexity index is 419. The summed E-state index contributed by atoms with van der Waals surface area (Å²) in [7, 11) is 0. The molecular weight excluding hydrogens is 227 g/mol. The smallest absolute Gasteiger partial charge is 0.306 e. The maximum atomic E-state index is 13.1. The molecule has 0 spiro atoms. The standard InChI is InChI=1S/C11H13FN2O3/c12-10-4-3-8(6-11(10)14(15)16)13-7-9-2-1-5-17-9/h3-4,6,9,13H,1-2,5,7H2. The predicted octanol–water partition coefficient (Wildman–Crippen LogP) is 2.32. The summed E-state index contributed by atoms with van der Waals surface area (Å²) in [6.07, 6.45) is 2.16. The van der Waals surface area contributed by atoms with E-state index in [1.54, 1.807) is 0 Å². The molecule has 0 saturated carbocycles. The van der Waals surface area contributed by atoms with Gasteiger partial charge in [0.05, 0.1) is 11.0 Å². The quantitative estimate of drug-likeness (QED) is 0.648. The molecule has 0 radical (unpaired) electrons. The second-order valence-corrected chi connectivity index (χ2v) is 3.94. The zero-order valence-electron chi connectivity index (χ0n) is 9.19. The second-order valence-electron chi connectivity index (χ2n) is 3.94. The van der Waals surface area contributed by atoms with Gasteiger partial charge in [-0.15, -0.1) is 0 Å². The Morgan fingerprint density at radius 2 is 2.41 bits per heavy atom. The van der Waals surface area contributed by atoms with Crippen LogP contribution in [0.15, 0.2) is 18.2 Å². The van der Waals surface area contributed by atoms with Gasteiger partial charge in [0.15, 0.2) is 0 Å². The zero-order chi connectivity index (χ0) is 12.3. The fourth-order valence-corrected chi connectivity index (χ4v) is 1.80. The fourth-order valence-electron chi connectivity index (χ4n) is 1.80. The van der Waals surface area contributed by atoms with E-state index in [1.807, 2.05) is 0 Å². The summed E-state index contributed by atoms with van der Waals surface area (Å²) >= 11 is 0. The third kappa shape index (κ3) is 2.91. The average Bonchev–Trinajstić information content (AvgIpc) is 2.80. The second kappa shape index (κ2) is 5.09. The lowest BCUT2D eigenvalue weighted by molar-refractivity contribution is -0.387. The highest BCUT2D eigenvalue weighted by atomic mass is 19.1. The van der Waals surface area contributed by atoms with Crippen molar-refractivity contribution in [2.24, 2.45) is 0 Å². The van der Waals surface area contributed by atoms with Gasteiger partial charge in [-0.1, -0.05) is 0 Å². The van der Waals surface area contributed by atoms with Crippen molar-refractivity contribution >= 4 is 11.4 Å². The Hall–Kier alpha value is -1.69. The summed E-state index contributed by atoms with van der Waals surface area (Å²) in [5, 5.41) is 13.6. The molecule has 1 fully saturated rings. The maximum Gasteiger partial charge on any atom is 0.306 e. The SMILES string of the molecule is O=[N+]([O-])c1cc(NCC2CCCO2)ccc1F. The zero-order valence-corrected chi connectivity index (χ0v) is 9.19. The van der Waals surface area contributed by atoms with Crippen molar-refractivity contribution in [2.75, 3.05) is 18.5 Å². The highest BCUT2D eigenvalue weighted by Gasteiger charge is 2.17. The van der Waals surface area contributed by atoms with Gasteiger partial charge < -0.3 is 10.1 Å². The van der Waals surface area contributed by atoms with Gasteiger partial charge in [-0.3, -0.25) is 10.1 Å². The molecule has 0 amide bonds. The molecule has 0 bridgehead atoms. The van der Waals surface area contributed by atoms with E-state index in [4.69, 9.17) is 4.74 Å². The number of hydrogen-bond acceptors (Lipinski definition) is 4. The summed E-state index contributed by atoms with van der Waals surface area (Å²) < 4.78 is 18.5. The first-order chi connectivity index (χ1) is 8.16. The van der Waals surface area contributed by atoms with Crippen molar-refractivity contribution in [3.05, 3.63) is 34.1 Å². The minimum Gasteiger partial charge on any atom is -0.382 e. The van der Waals surface area contributed by atoms with Gasteiger partial charge in [0.25, 0.3) is 0 Å². The summed E-state index contributed by atoms with van der Waals surface area (Å²) in [5.41, 5.74) is 0.0240. The highest BCUT2D eigenvalue weighted by molar-refractivity contribution is 5.51. The average molecular weight is 240 g/mol. The van der Waals surface area contributed by atoms with E-state index in [-0.39, 0.29) is 6.10 Å². The molecule has 1 aromatic carbocycles. The maximum absolute atomic E-state index is 13.1. The summed E-state index contributed by atoms with van der Waals surface area (Å²) in [6, 6.07) is 3.78. The van der Waals surface area contributed by atoms with Crippen molar-refractivity contribution in [1.29, 1.82) is 0 Å². The lowest BCUT2D eigenvalue weighted by Crippen LogP contribution is -2.18. The van der Waals surface area contributed by atoms with Gasteiger partial charge in [-0.25, -0.2) is 0 Å². The third-order valence-electron chi connectivity index (χ3n) is 2.70. The fraction of sp³-hybridized carbons (Fsp3) is 0.455. The number of benzene rings is 1. The van der Waals surface area contributed by atoms with E-state index in [2.05, 4.69) is 5.32 Å². The minimum absolute atomic E-state index is 0.138. The van der Waals surface area contributed by atoms with Crippen LogP contribution in [0.2, 0.25) is 0 Å². The van der Waals surface area contributed by atoms with E-state index in [1.165, 1.54) is 12.1 Å². The van der Waals surface area contributed by atoms with Gasteiger partial charge in [0.1, 0.15) is 0 Å². The minimum atomic E-state index is -0.822. The van der Waals surface area contributed by atoms with E-state index in [9.17, 15) is 14.5 Å². The number of nitrogens with zero attached hydrogens (tertiary/aromatic N) is 1. The molecule has 0 aromatic heterocycles. The lowest BCUT2D eigenvalue weighted by Gasteiger charge is -2.11.